The van der Waals surface area contributed by atoms with Gasteiger partial charge in [-0.15, -0.1) is 0 Å². The van der Waals surface area contributed by atoms with Gasteiger partial charge in [-0.1, -0.05) is 18.2 Å². The second-order valence-electron chi connectivity index (χ2n) is 3.75. The van der Waals surface area contributed by atoms with Crippen molar-refractivity contribution in [1.82, 2.24) is 15.2 Å². The zero-order valence-corrected chi connectivity index (χ0v) is 10.0. The van der Waals surface area contributed by atoms with E-state index in [1.54, 1.807) is 0 Å². The largest absolute Gasteiger partial charge is 0.493 e. The number of amides is 1. The van der Waals surface area contributed by atoms with Crippen molar-refractivity contribution in [2.24, 2.45) is 0 Å². The summed E-state index contributed by atoms with van der Waals surface area (Å²) >= 11 is 0. The highest BCUT2D eigenvalue weighted by atomic mass is 16.5. The lowest BCUT2D eigenvalue weighted by Crippen LogP contribution is -2.16. The van der Waals surface area contributed by atoms with E-state index in [0.717, 1.165) is 11.3 Å². The third kappa shape index (κ3) is 3.31. The molecule has 0 aliphatic heterocycles. The number of aromatic nitrogens is 3. The van der Waals surface area contributed by atoms with Crippen LogP contribution in [0.25, 0.3) is 0 Å². The number of carbonyl (C=O) groups excluding carboxylic acids is 1. The fourth-order valence-electron chi connectivity index (χ4n) is 1.43. The molecule has 1 aromatic carbocycles. The summed E-state index contributed by atoms with van der Waals surface area (Å²) in [5.41, 5.74) is 1.05. The van der Waals surface area contributed by atoms with Gasteiger partial charge in [0.05, 0.1) is 13.0 Å². The predicted molar refractivity (Wildman–Crippen MR) is 66.3 cm³/mol. The number of nitrogens with one attached hydrogen (secondary N) is 2. The minimum atomic E-state index is -0.166. The molecule has 0 aliphatic rings. The van der Waals surface area contributed by atoms with Gasteiger partial charge >= 0.3 is 0 Å². The third-order valence-corrected chi connectivity index (χ3v) is 2.35. The summed E-state index contributed by atoms with van der Waals surface area (Å²) in [6.45, 7) is 2.29. The Kier molecular flexibility index (Phi) is 3.90. The molecule has 0 spiro atoms. The van der Waals surface area contributed by atoms with Crippen LogP contribution in [0.2, 0.25) is 0 Å². The molecule has 0 saturated heterocycles. The van der Waals surface area contributed by atoms with E-state index in [0.29, 0.717) is 12.6 Å². The van der Waals surface area contributed by atoms with E-state index in [1.807, 2.05) is 31.2 Å². The molecule has 1 heterocycles. The summed E-state index contributed by atoms with van der Waals surface area (Å²) in [7, 11) is 0. The van der Waals surface area contributed by atoms with Crippen LogP contribution in [0.15, 0.2) is 30.6 Å². The first kappa shape index (κ1) is 12.1. The molecule has 1 aromatic heterocycles. The fraction of sp³-hybridized carbons (Fsp3) is 0.250. The van der Waals surface area contributed by atoms with Crippen molar-refractivity contribution >= 4 is 11.9 Å². The van der Waals surface area contributed by atoms with E-state index in [4.69, 9.17) is 4.74 Å². The molecule has 18 heavy (non-hydrogen) atoms. The number of hydrogen-bond donors (Lipinski definition) is 2. The number of rotatable bonds is 5. The summed E-state index contributed by atoms with van der Waals surface area (Å²) in [4.78, 5) is 15.3. The van der Waals surface area contributed by atoms with Crippen LogP contribution >= 0.6 is 0 Å². The highest BCUT2D eigenvalue weighted by Crippen LogP contribution is 2.16. The molecule has 2 aromatic rings. The smallest absolute Gasteiger partial charge is 0.230 e. The van der Waals surface area contributed by atoms with E-state index in [9.17, 15) is 4.79 Å². The Balaban J connectivity index is 1.75. The lowest BCUT2D eigenvalue weighted by Gasteiger charge is -2.08. The highest BCUT2D eigenvalue weighted by Gasteiger charge is 2.05. The number of ether oxygens (including phenoxy) is 1. The molecule has 2 N–H and O–H groups in total. The summed E-state index contributed by atoms with van der Waals surface area (Å²) in [6.07, 6.45) is 1.59. The lowest BCUT2D eigenvalue weighted by molar-refractivity contribution is -0.116. The molecule has 2 rings (SSSR count). The Hall–Kier alpha value is -2.37. The number of para-hydroxylation sites is 1. The van der Waals surface area contributed by atoms with Crippen LogP contribution < -0.4 is 10.1 Å². The monoisotopic (exact) mass is 246 g/mol. The quantitative estimate of drug-likeness (QED) is 0.838. The zero-order chi connectivity index (χ0) is 12.8. The number of H-pyrrole nitrogens is 1. The van der Waals surface area contributed by atoms with Gasteiger partial charge in [0.25, 0.3) is 0 Å². The summed E-state index contributed by atoms with van der Waals surface area (Å²) in [5, 5.41) is 8.76. The SMILES string of the molecule is Cc1ccccc1OCCC(=O)Nc1ncn[nH]1. The summed E-state index contributed by atoms with van der Waals surface area (Å²) in [6, 6.07) is 7.68. The van der Waals surface area contributed by atoms with E-state index in [-0.39, 0.29) is 12.3 Å². The Labute approximate surface area is 104 Å². The second-order valence-corrected chi connectivity index (χ2v) is 3.75. The van der Waals surface area contributed by atoms with Gasteiger partial charge in [-0.3, -0.25) is 10.1 Å². The summed E-state index contributed by atoms with van der Waals surface area (Å²) in [5.74, 6) is 0.973. The van der Waals surface area contributed by atoms with Gasteiger partial charge in [0.15, 0.2) is 0 Å². The molecule has 6 nitrogen and oxygen atoms in total. The van der Waals surface area contributed by atoms with Crippen LogP contribution in [0.5, 0.6) is 5.75 Å². The maximum absolute atomic E-state index is 11.5. The van der Waals surface area contributed by atoms with Crippen molar-refractivity contribution in [1.29, 1.82) is 0 Å². The fourth-order valence-corrected chi connectivity index (χ4v) is 1.43. The zero-order valence-electron chi connectivity index (χ0n) is 10.0. The highest BCUT2D eigenvalue weighted by molar-refractivity contribution is 5.88. The van der Waals surface area contributed by atoms with Gasteiger partial charge in [0.1, 0.15) is 12.1 Å². The molecule has 0 saturated carbocycles. The first-order valence-corrected chi connectivity index (χ1v) is 5.59. The van der Waals surface area contributed by atoms with Gasteiger partial charge in [-0.05, 0) is 18.6 Å². The first-order chi connectivity index (χ1) is 8.75. The van der Waals surface area contributed by atoms with Crippen LogP contribution in [0.3, 0.4) is 0 Å². The van der Waals surface area contributed by atoms with Gasteiger partial charge in [0.2, 0.25) is 11.9 Å². The Morgan fingerprint density at radius 3 is 3.00 bits per heavy atom. The average Bonchev–Trinajstić information content (AvgIpc) is 2.84. The molecule has 6 heteroatoms. The molecule has 0 unspecified atom stereocenters. The molecule has 0 radical (unpaired) electrons. The van der Waals surface area contributed by atoms with Crippen molar-refractivity contribution < 1.29 is 9.53 Å². The number of carbonyl (C=O) groups is 1. The number of hydrogen-bond acceptors (Lipinski definition) is 4. The maximum Gasteiger partial charge on any atom is 0.230 e. The topological polar surface area (TPSA) is 79.9 Å². The van der Waals surface area contributed by atoms with Crippen molar-refractivity contribution in [3.05, 3.63) is 36.2 Å². The van der Waals surface area contributed by atoms with E-state index >= 15 is 0 Å². The van der Waals surface area contributed by atoms with Crippen LogP contribution in [-0.4, -0.2) is 27.7 Å². The molecule has 0 aliphatic carbocycles. The maximum atomic E-state index is 11.5. The van der Waals surface area contributed by atoms with Crippen molar-refractivity contribution in [3.63, 3.8) is 0 Å². The van der Waals surface area contributed by atoms with Gasteiger partial charge in [-0.25, -0.2) is 5.10 Å². The van der Waals surface area contributed by atoms with E-state index in [1.165, 1.54) is 6.33 Å². The van der Waals surface area contributed by atoms with Crippen LogP contribution in [0.1, 0.15) is 12.0 Å². The number of aromatic amines is 1. The van der Waals surface area contributed by atoms with E-state index in [2.05, 4.69) is 20.5 Å². The molecule has 0 fully saturated rings. The number of nitrogens with zero attached hydrogens (tertiary/aromatic N) is 2. The van der Waals surface area contributed by atoms with Crippen LogP contribution in [-0.2, 0) is 4.79 Å². The van der Waals surface area contributed by atoms with E-state index < -0.39 is 0 Å². The average molecular weight is 246 g/mol. The van der Waals surface area contributed by atoms with Crippen LogP contribution in [0, 0.1) is 6.92 Å². The molecule has 0 atom stereocenters. The van der Waals surface area contributed by atoms with Crippen molar-refractivity contribution in [2.45, 2.75) is 13.3 Å². The number of anilines is 1. The molecular formula is C12H14N4O2. The Morgan fingerprint density at radius 1 is 1.44 bits per heavy atom. The molecule has 1 amide bonds. The normalized spacial score (nSPS) is 10.1. The van der Waals surface area contributed by atoms with Crippen LogP contribution in [0.4, 0.5) is 5.95 Å². The van der Waals surface area contributed by atoms with Gasteiger partial charge in [-0.2, -0.15) is 10.1 Å². The van der Waals surface area contributed by atoms with Gasteiger partial charge < -0.3 is 4.74 Å². The minimum Gasteiger partial charge on any atom is -0.493 e. The Bertz CT molecular complexity index is 511. The van der Waals surface area contributed by atoms with Crippen molar-refractivity contribution in [3.8, 4) is 5.75 Å². The van der Waals surface area contributed by atoms with Crippen molar-refractivity contribution in [2.75, 3.05) is 11.9 Å². The molecule has 0 bridgehead atoms. The number of aryl methyl sites for hydroxylation is 1. The second kappa shape index (κ2) is 5.81. The third-order valence-electron chi connectivity index (χ3n) is 2.35. The minimum absolute atomic E-state index is 0.166. The standard InChI is InChI=1S/C12H14N4O2/c1-9-4-2-3-5-10(9)18-7-6-11(17)15-12-13-8-14-16-12/h2-5,8H,6-7H2,1H3,(H2,13,14,15,16,17). The predicted octanol–water partition coefficient (Wildman–Crippen LogP) is 1.52. The van der Waals surface area contributed by atoms with Gasteiger partial charge in [0, 0.05) is 0 Å². The summed E-state index contributed by atoms with van der Waals surface area (Å²) < 4.78 is 5.52. The Morgan fingerprint density at radius 2 is 2.28 bits per heavy atom. The first-order valence-electron chi connectivity index (χ1n) is 5.59. The molecule has 94 valence electrons. The number of benzene rings is 1. The lowest BCUT2D eigenvalue weighted by atomic mass is 10.2. The molecular weight excluding hydrogens is 232 g/mol.